The first-order chi connectivity index (χ1) is 9.78. The van der Waals surface area contributed by atoms with E-state index >= 15 is 0 Å². The molecule has 8 heteroatoms. The van der Waals surface area contributed by atoms with E-state index in [0.717, 1.165) is 12.8 Å². The number of tetrazole rings is 1. The third-order valence-corrected chi connectivity index (χ3v) is 3.66. The smallest absolute Gasteiger partial charge is 0.269 e. The lowest BCUT2D eigenvalue weighted by Gasteiger charge is -2.38. The van der Waals surface area contributed by atoms with E-state index in [9.17, 15) is 4.79 Å². The third-order valence-electron chi connectivity index (χ3n) is 3.66. The number of anilines is 1. The van der Waals surface area contributed by atoms with E-state index < -0.39 is 0 Å². The average molecular weight is 276 g/mol. The second kappa shape index (κ2) is 5.41. The first-order valence-corrected chi connectivity index (χ1v) is 6.53. The fraction of sp³-hybridized carbons (Fsp3) is 0.500. The van der Waals surface area contributed by atoms with Gasteiger partial charge in [-0.15, -0.1) is 5.10 Å². The molecule has 1 aliphatic heterocycles. The highest BCUT2D eigenvalue weighted by molar-refractivity contribution is 5.89. The van der Waals surface area contributed by atoms with Crippen molar-refractivity contribution in [1.29, 1.82) is 0 Å². The SMILES string of the molecule is O=C(CC1(n2cccc2)CCOCC1)Nc1nn[nH]n1. The highest BCUT2D eigenvalue weighted by atomic mass is 16.5. The van der Waals surface area contributed by atoms with Crippen LogP contribution in [0.15, 0.2) is 24.5 Å². The average Bonchev–Trinajstić information content (AvgIpc) is 3.12. The molecule has 1 aliphatic rings. The Morgan fingerprint density at radius 1 is 1.40 bits per heavy atom. The van der Waals surface area contributed by atoms with Gasteiger partial charge >= 0.3 is 0 Å². The number of nitrogens with zero attached hydrogens (tertiary/aromatic N) is 4. The molecule has 1 amide bonds. The van der Waals surface area contributed by atoms with Crippen LogP contribution in [0.5, 0.6) is 0 Å². The zero-order chi connectivity index (χ0) is 13.8. The third kappa shape index (κ3) is 2.55. The van der Waals surface area contributed by atoms with Crippen molar-refractivity contribution in [3.8, 4) is 0 Å². The minimum Gasteiger partial charge on any atom is -0.381 e. The van der Waals surface area contributed by atoms with Crippen molar-refractivity contribution in [1.82, 2.24) is 25.2 Å². The van der Waals surface area contributed by atoms with Gasteiger partial charge in [-0.2, -0.15) is 5.21 Å². The number of hydrogen-bond acceptors (Lipinski definition) is 5. The van der Waals surface area contributed by atoms with Crippen LogP contribution in [0.25, 0.3) is 0 Å². The molecular weight excluding hydrogens is 260 g/mol. The van der Waals surface area contributed by atoms with Crippen LogP contribution in [0.3, 0.4) is 0 Å². The largest absolute Gasteiger partial charge is 0.381 e. The molecule has 3 heterocycles. The van der Waals surface area contributed by atoms with Gasteiger partial charge in [-0.25, -0.2) is 0 Å². The summed E-state index contributed by atoms with van der Waals surface area (Å²) in [4.78, 5) is 12.2. The lowest BCUT2D eigenvalue weighted by Crippen LogP contribution is -2.42. The summed E-state index contributed by atoms with van der Waals surface area (Å²) in [5.74, 6) is 0.0757. The first-order valence-electron chi connectivity index (χ1n) is 6.53. The highest BCUT2D eigenvalue weighted by Crippen LogP contribution is 2.33. The summed E-state index contributed by atoms with van der Waals surface area (Å²) in [6.45, 7) is 1.32. The van der Waals surface area contributed by atoms with Crippen LogP contribution in [-0.4, -0.2) is 44.3 Å². The molecule has 2 aromatic heterocycles. The zero-order valence-electron chi connectivity index (χ0n) is 11.0. The molecule has 0 unspecified atom stereocenters. The van der Waals surface area contributed by atoms with Gasteiger partial charge in [0.05, 0.1) is 12.0 Å². The number of ether oxygens (including phenoxy) is 1. The predicted molar refractivity (Wildman–Crippen MR) is 69.9 cm³/mol. The van der Waals surface area contributed by atoms with Gasteiger partial charge in [0.15, 0.2) is 0 Å². The first kappa shape index (κ1) is 12.8. The lowest BCUT2D eigenvalue weighted by molar-refractivity contribution is -0.119. The minimum atomic E-state index is -0.241. The van der Waals surface area contributed by atoms with Gasteiger partial charge in [0.1, 0.15) is 0 Å². The Hall–Kier alpha value is -2.22. The molecule has 1 saturated heterocycles. The van der Waals surface area contributed by atoms with E-state index in [4.69, 9.17) is 4.74 Å². The molecule has 0 radical (unpaired) electrons. The molecule has 106 valence electrons. The van der Waals surface area contributed by atoms with Crippen LogP contribution in [0.1, 0.15) is 19.3 Å². The monoisotopic (exact) mass is 276 g/mol. The number of rotatable bonds is 4. The zero-order valence-corrected chi connectivity index (χ0v) is 11.0. The number of H-pyrrole nitrogens is 1. The van der Waals surface area contributed by atoms with Crippen LogP contribution in [0.2, 0.25) is 0 Å². The van der Waals surface area contributed by atoms with Gasteiger partial charge in [-0.3, -0.25) is 10.1 Å². The van der Waals surface area contributed by atoms with E-state index in [1.165, 1.54) is 0 Å². The van der Waals surface area contributed by atoms with E-state index in [1.807, 2.05) is 24.5 Å². The number of carbonyl (C=O) groups is 1. The van der Waals surface area contributed by atoms with Gasteiger partial charge in [0.2, 0.25) is 5.91 Å². The number of amides is 1. The Bertz CT molecular complexity index is 545. The molecule has 3 rings (SSSR count). The molecule has 0 aliphatic carbocycles. The fourth-order valence-corrected chi connectivity index (χ4v) is 2.61. The van der Waals surface area contributed by atoms with Gasteiger partial charge in [0.25, 0.3) is 5.95 Å². The number of nitrogens with one attached hydrogen (secondary N) is 2. The maximum absolute atomic E-state index is 12.2. The van der Waals surface area contributed by atoms with Crippen molar-refractivity contribution < 1.29 is 9.53 Å². The van der Waals surface area contributed by atoms with Gasteiger partial charge in [0, 0.05) is 25.6 Å². The Morgan fingerprint density at radius 3 is 2.80 bits per heavy atom. The van der Waals surface area contributed by atoms with Gasteiger partial charge < -0.3 is 9.30 Å². The van der Waals surface area contributed by atoms with E-state index in [-0.39, 0.29) is 17.4 Å². The molecule has 2 aromatic rings. The highest BCUT2D eigenvalue weighted by Gasteiger charge is 2.36. The van der Waals surface area contributed by atoms with E-state index in [0.29, 0.717) is 19.6 Å². The van der Waals surface area contributed by atoms with E-state index in [1.54, 1.807) is 0 Å². The molecule has 0 spiro atoms. The van der Waals surface area contributed by atoms with Crippen LogP contribution in [-0.2, 0) is 15.1 Å². The molecule has 20 heavy (non-hydrogen) atoms. The number of carbonyl (C=O) groups excluding carboxylic acids is 1. The molecule has 2 N–H and O–H groups in total. The fourth-order valence-electron chi connectivity index (χ4n) is 2.61. The van der Waals surface area contributed by atoms with Crippen molar-refractivity contribution in [2.45, 2.75) is 24.8 Å². The Labute approximate surface area is 115 Å². The Morgan fingerprint density at radius 2 is 2.15 bits per heavy atom. The standard InChI is InChI=1S/C12H16N6O2/c19-10(13-11-14-16-17-15-11)9-12(3-7-20-8-4-12)18-5-1-2-6-18/h1-2,5-6H,3-4,7-9H2,(H2,13,14,15,16,17,19). The summed E-state index contributed by atoms with van der Waals surface area (Å²) < 4.78 is 7.53. The molecular formula is C12H16N6O2. The Balaban J connectivity index is 1.75. The summed E-state index contributed by atoms with van der Waals surface area (Å²) in [7, 11) is 0. The Kier molecular flexibility index (Phi) is 3.46. The molecule has 0 aromatic carbocycles. The predicted octanol–water partition coefficient (Wildman–Crippen LogP) is 0.536. The topological polar surface area (TPSA) is 97.7 Å². The summed E-state index contributed by atoms with van der Waals surface area (Å²) in [5, 5.41) is 15.8. The lowest BCUT2D eigenvalue weighted by atomic mass is 9.86. The molecule has 0 atom stereocenters. The van der Waals surface area contributed by atoms with Gasteiger partial charge in [-0.1, -0.05) is 5.10 Å². The normalized spacial score (nSPS) is 17.8. The molecule has 1 fully saturated rings. The van der Waals surface area contributed by atoms with Crippen molar-refractivity contribution in [2.75, 3.05) is 18.5 Å². The van der Waals surface area contributed by atoms with Crippen LogP contribution >= 0.6 is 0 Å². The van der Waals surface area contributed by atoms with Crippen molar-refractivity contribution in [3.05, 3.63) is 24.5 Å². The van der Waals surface area contributed by atoms with Crippen LogP contribution in [0, 0.1) is 0 Å². The number of hydrogen-bond donors (Lipinski definition) is 2. The summed E-state index contributed by atoms with van der Waals surface area (Å²) in [6.07, 6.45) is 5.96. The maximum atomic E-state index is 12.2. The minimum absolute atomic E-state index is 0.123. The van der Waals surface area contributed by atoms with Crippen molar-refractivity contribution in [2.24, 2.45) is 0 Å². The van der Waals surface area contributed by atoms with Crippen molar-refractivity contribution >= 4 is 11.9 Å². The molecule has 8 nitrogen and oxygen atoms in total. The van der Waals surface area contributed by atoms with E-state index in [2.05, 4.69) is 30.5 Å². The molecule has 0 bridgehead atoms. The summed E-state index contributed by atoms with van der Waals surface area (Å²) in [5.41, 5.74) is -0.241. The van der Waals surface area contributed by atoms with Crippen molar-refractivity contribution in [3.63, 3.8) is 0 Å². The van der Waals surface area contributed by atoms with Crippen LogP contribution in [0.4, 0.5) is 5.95 Å². The summed E-state index contributed by atoms with van der Waals surface area (Å²) >= 11 is 0. The second-order valence-electron chi connectivity index (χ2n) is 4.89. The van der Waals surface area contributed by atoms with Gasteiger partial charge in [-0.05, 0) is 30.2 Å². The summed E-state index contributed by atoms with van der Waals surface area (Å²) in [6, 6.07) is 3.93. The maximum Gasteiger partial charge on any atom is 0.269 e. The quantitative estimate of drug-likeness (QED) is 0.849. The molecule has 0 saturated carbocycles. The number of aromatic nitrogens is 5. The number of aromatic amines is 1. The van der Waals surface area contributed by atoms with Crippen LogP contribution < -0.4 is 5.32 Å². The second-order valence-corrected chi connectivity index (χ2v) is 4.89.